The van der Waals surface area contributed by atoms with E-state index in [1.807, 2.05) is 11.3 Å². The largest absolute Gasteiger partial charge is 0.368 e. The second-order valence-corrected chi connectivity index (χ2v) is 11.0. The molecule has 1 aliphatic heterocycles. The van der Waals surface area contributed by atoms with Crippen LogP contribution in [0.2, 0.25) is 0 Å². The van der Waals surface area contributed by atoms with Gasteiger partial charge in [-0.05, 0) is 30.7 Å². The molecular formula is C23H32N2OS. The van der Waals surface area contributed by atoms with E-state index in [1.165, 1.54) is 27.6 Å². The van der Waals surface area contributed by atoms with Crippen molar-refractivity contribution >= 4 is 11.3 Å². The highest BCUT2D eigenvalue weighted by Gasteiger charge is 2.40. The lowest BCUT2D eigenvalue weighted by Gasteiger charge is -2.40. The molecule has 1 unspecified atom stereocenters. The van der Waals surface area contributed by atoms with Crippen molar-refractivity contribution < 1.29 is 4.74 Å². The number of ether oxygens (including phenoxy) is 1. The van der Waals surface area contributed by atoms with E-state index in [2.05, 4.69) is 69.9 Å². The quantitative estimate of drug-likeness (QED) is 0.732. The van der Waals surface area contributed by atoms with E-state index in [0.717, 1.165) is 32.7 Å². The van der Waals surface area contributed by atoms with Gasteiger partial charge in [-0.1, -0.05) is 58.0 Å². The molecule has 146 valence electrons. The lowest BCUT2D eigenvalue weighted by molar-refractivity contribution is -0.105. The summed E-state index contributed by atoms with van der Waals surface area (Å²) in [6.07, 6.45) is 2.34. The van der Waals surface area contributed by atoms with Crippen LogP contribution in [0.25, 0.3) is 0 Å². The first-order valence-corrected chi connectivity index (χ1v) is 10.9. The molecule has 1 atom stereocenters. The number of nitrogens with zero attached hydrogens (tertiary/aromatic N) is 2. The molecule has 27 heavy (non-hydrogen) atoms. The maximum Gasteiger partial charge on any atom is 0.107 e. The lowest BCUT2D eigenvalue weighted by Crippen LogP contribution is -2.47. The molecule has 2 heterocycles. The number of fused-ring (bicyclic) bond motifs is 1. The van der Waals surface area contributed by atoms with Crippen LogP contribution in [-0.2, 0) is 28.7 Å². The fourth-order valence-electron chi connectivity index (χ4n) is 5.15. The molecule has 3 nitrogen and oxygen atoms in total. The minimum atomic E-state index is -0.238. The molecule has 0 saturated carbocycles. The first-order valence-electron chi connectivity index (χ1n) is 10.1. The predicted octanol–water partition coefficient (Wildman–Crippen LogP) is 5.14. The van der Waals surface area contributed by atoms with Crippen molar-refractivity contribution in [1.82, 2.24) is 9.88 Å². The van der Waals surface area contributed by atoms with Crippen molar-refractivity contribution in [3.05, 3.63) is 51.5 Å². The first kappa shape index (κ1) is 19.1. The predicted molar refractivity (Wildman–Crippen MR) is 112 cm³/mol. The van der Waals surface area contributed by atoms with Crippen molar-refractivity contribution in [3.8, 4) is 0 Å². The molecule has 0 spiro atoms. The number of aromatic nitrogens is 1. The standard InChI is InChI=1S/C23H32N2OS/c1-21(2)13-18-20(22(3,4)15-21)27-19(24-18)14-25-11-12-26-23(5,16-25)17-9-7-6-8-10-17/h6-10H,11-16H2,1-5H3. The van der Waals surface area contributed by atoms with E-state index in [4.69, 9.17) is 9.72 Å². The van der Waals surface area contributed by atoms with Crippen LogP contribution in [0.5, 0.6) is 0 Å². The Labute approximate surface area is 167 Å². The summed E-state index contributed by atoms with van der Waals surface area (Å²) in [7, 11) is 0. The summed E-state index contributed by atoms with van der Waals surface area (Å²) < 4.78 is 6.20. The summed E-state index contributed by atoms with van der Waals surface area (Å²) in [5.41, 5.74) is 2.94. The van der Waals surface area contributed by atoms with Crippen LogP contribution >= 0.6 is 11.3 Å². The Morgan fingerprint density at radius 2 is 1.85 bits per heavy atom. The number of benzene rings is 1. The summed E-state index contributed by atoms with van der Waals surface area (Å²) in [4.78, 5) is 9.12. The fourth-order valence-corrected chi connectivity index (χ4v) is 6.38. The Balaban J connectivity index is 1.53. The van der Waals surface area contributed by atoms with Crippen molar-refractivity contribution in [2.45, 2.75) is 65.0 Å². The minimum absolute atomic E-state index is 0.233. The zero-order valence-corrected chi connectivity index (χ0v) is 18.2. The van der Waals surface area contributed by atoms with Crippen molar-refractivity contribution in [3.63, 3.8) is 0 Å². The molecule has 2 aromatic rings. The second kappa shape index (κ2) is 6.68. The van der Waals surface area contributed by atoms with Gasteiger partial charge in [0.25, 0.3) is 0 Å². The molecular weight excluding hydrogens is 352 g/mol. The Hall–Kier alpha value is -1.23. The molecule has 0 radical (unpaired) electrons. The van der Waals surface area contributed by atoms with Crippen LogP contribution in [0.4, 0.5) is 0 Å². The smallest absolute Gasteiger partial charge is 0.107 e. The van der Waals surface area contributed by atoms with Crippen LogP contribution in [0.3, 0.4) is 0 Å². The molecule has 0 bridgehead atoms. The molecule has 0 amide bonds. The molecule has 1 fully saturated rings. The molecule has 1 aromatic carbocycles. The highest BCUT2D eigenvalue weighted by atomic mass is 32.1. The monoisotopic (exact) mass is 384 g/mol. The van der Waals surface area contributed by atoms with Crippen LogP contribution in [-0.4, -0.2) is 29.6 Å². The highest BCUT2D eigenvalue weighted by Crippen LogP contribution is 2.47. The van der Waals surface area contributed by atoms with E-state index < -0.39 is 0 Å². The number of rotatable bonds is 3. The van der Waals surface area contributed by atoms with Crippen LogP contribution in [0, 0.1) is 5.41 Å². The summed E-state index contributed by atoms with van der Waals surface area (Å²) in [5, 5.41) is 1.27. The Morgan fingerprint density at radius 3 is 2.59 bits per heavy atom. The van der Waals surface area contributed by atoms with Gasteiger partial charge in [-0.3, -0.25) is 4.90 Å². The zero-order valence-electron chi connectivity index (χ0n) is 17.3. The second-order valence-electron chi connectivity index (χ2n) is 9.94. The molecule has 0 N–H and O–H groups in total. The Morgan fingerprint density at radius 1 is 1.11 bits per heavy atom. The van der Waals surface area contributed by atoms with E-state index in [1.54, 1.807) is 0 Å². The third kappa shape index (κ3) is 3.85. The summed E-state index contributed by atoms with van der Waals surface area (Å²) in [6, 6.07) is 10.6. The van der Waals surface area contributed by atoms with Gasteiger partial charge in [0.05, 0.1) is 18.8 Å². The SMILES string of the molecule is CC1(C)Cc2nc(CN3CCOC(C)(c4ccccc4)C3)sc2C(C)(C)C1. The number of thiazole rings is 1. The number of morpholine rings is 1. The average Bonchev–Trinajstić information content (AvgIpc) is 2.97. The molecule has 4 heteroatoms. The fraction of sp³-hybridized carbons (Fsp3) is 0.609. The van der Waals surface area contributed by atoms with Gasteiger partial charge in [0.2, 0.25) is 0 Å². The number of hydrogen-bond donors (Lipinski definition) is 0. The molecule has 1 saturated heterocycles. The average molecular weight is 385 g/mol. The van der Waals surface area contributed by atoms with Gasteiger partial charge >= 0.3 is 0 Å². The van der Waals surface area contributed by atoms with Crippen molar-refractivity contribution in [2.24, 2.45) is 5.41 Å². The summed E-state index contributed by atoms with van der Waals surface area (Å²) in [6.45, 7) is 15.3. The summed E-state index contributed by atoms with van der Waals surface area (Å²) >= 11 is 1.94. The zero-order chi connectivity index (χ0) is 19.3. The van der Waals surface area contributed by atoms with Gasteiger partial charge in [-0.2, -0.15) is 0 Å². The maximum atomic E-state index is 6.20. The van der Waals surface area contributed by atoms with Gasteiger partial charge in [-0.25, -0.2) is 4.98 Å². The van der Waals surface area contributed by atoms with Gasteiger partial charge in [-0.15, -0.1) is 11.3 Å². The van der Waals surface area contributed by atoms with Crippen LogP contribution in [0.15, 0.2) is 30.3 Å². The van der Waals surface area contributed by atoms with E-state index in [0.29, 0.717) is 5.41 Å². The lowest BCUT2D eigenvalue weighted by atomic mass is 9.67. The van der Waals surface area contributed by atoms with E-state index in [-0.39, 0.29) is 11.0 Å². The van der Waals surface area contributed by atoms with Crippen LogP contribution in [0.1, 0.15) is 62.2 Å². The highest BCUT2D eigenvalue weighted by molar-refractivity contribution is 7.11. The Kier molecular flexibility index (Phi) is 4.73. The molecule has 1 aromatic heterocycles. The van der Waals surface area contributed by atoms with Gasteiger partial charge in [0.1, 0.15) is 10.6 Å². The Bertz CT molecular complexity index is 811. The first-order chi connectivity index (χ1) is 12.7. The third-order valence-corrected chi connectivity index (χ3v) is 7.47. The number of hydrogen-bond acceptors (Lipinski definition) is 4. The van der Waals surface area contributed by atoms with E-state index in [9.17, 15) is 0 Å². The van der Waals surface area contributed by atoms with Gasteiger partial charge in [0.15, 0.2) is 0 Å². The third-order valence-electron chi connectivity index (χ3n) is 6.02. The minimum Gasteiger partial charge on any atom is -0.368 e. The molecule has 1 aliphatic carbocycles. The van der Waals surface area contributed by atoms with Gasteiger partial charge < -0.3 is 4.74 Å². The van der Waals surface area contributed by atoms with Crippen LogP contribution < -0.4 is 0 Å². The van der Waals surface area contributed by atoms with Crippen molar-refractivity contribution in [1.29, 1.82) is 0 Å². The molecule has 4 rings (SSSR count). The summed E-state index contributed by atoms with van der Waals surface area (Å²) in [5.74, 6) is 0. The van der Waals surface area contributed by atoms with Gasteiger partial charge in [0, 0.05) is 23.4 Å². The van der Waals surface area contributed by atoms with E-state index >= 15 is 0 Å². The normalized spacial score (nSPS) is 27.3. The van der Waals surface area contributed by atoms with Crippen molar-refractivity contribution in [2.75, 3.05) is 19.7 Å². The topological polar surface area (TPSA) is 25.4 Å². The molecule has 2 aliphatic rings. The maximum absolute atomic E-state index is 6.20.